The Morgan fingerprint density at radius 1 is 1.21 bits per heavy atom. The molecule has 0 fully saturated rings. The van der Waals surface area contributed by atoms with Crippen molar-refractivity contribution in [2.75, 3.05) is 11.9 Å². The van der Waals surface area contributed by atoms with E-state index in [2.05, 4.69) is 10.6 Å². The molecule has 8 heteroatoms. The molecule has 4 N–H and O–H groups in total. The summed E-state index contributed by atoms with van der Waals surface area (Å²) in [5.41, 5.74) is 0.411. The Bertz CT molecular complexity index is 462. The fourth-order valence-electron chi connectivity index (χ4n) is 1.25. The molecule has 6 nitrogen and oxygen atoms in total. The highest BCUT2D eigenvalue weighted by Gasteiger charge is 2.12. The molecule has 1 unspecified atom stereocenters. The molecular formula is C11H12Cl2N2O4. The van der Waals surface area contributed by atoms with E-state index in [1.54, 1.807) is 0 Å². The van der Waals surface area contributed by atoms with Gasteiger partial charge >= 0.3 is 12.0 Å². The molecule has 0 heterocycles. The minimum Gasteiger partial charge on any atom is -0.479 e. The van der Waals surface area contributed by atoms with Crippen molar-refractivity contribution in [3.8, 4) is 0 Å². The van der Waals surface area contributed by atoms with Crippen molar-refractivity contribution in [3.63, 3.8) is 0 Å². The zero-order valence-corrected chi connectivity index (χ0v) is 11.2. The van der Waals surface area contributed by atoms with Crippen LogP contribution in [-0.4, -0.2) is 34.9 Å². The second-order valence-corrected chi connectivity index (χ2v) is 4.55. The van der Waals surface area contributed by atoms with Crippen molar-refractivity contribution >= 4 is 40.9 Å². The number of carbonyl (C=O) groups excluding carboxylic acids is 1. The van der Waals surface area contributed by atoms with Crippen LogP contribution in [0, 0.1) is 0 Å². The summed E-state index contributed by atoms with van der Waals surface area (Å²) < 4.78 is 0. The second-order valence-electron chi connectivity index (χ2n) is 3.68. The Kier molecular flexibility index (Phi) is 5.88. The number of carboxylic acids is 1. The molecule has 19 heavy (non-hydrogen) atoms. The van der Waals surface area contributed by atoms with Gasteiger partial charge in [-0.1, -0.05) is 23.2 Å². The fourth-order valence-corrected chi connectivity index (χ4v) is 1.77. The van der Waals surface area contributed by atoms with Gasteiger partial charge in [0.1, 0.15) is 0 Å². The van der Waals surface area contributed by atoms with Crippen LogP contribution in [0.4, 0.5) is 10.5 Å². The molecule has 104 valence electrons. The molecule has 0 aliphatic rings. The molecule has 0 aliphatic heterocycles. The van der Waals surface area contributed by atoms with Gasteiger partial charge < -0.3 is 20.8 Å². The maximum Gasteiger partial charge on any atom is 0.332 e. The highest BCUT2D eigenvalue weighted by Crippen LogP contribution is 2.22. The highest BCUT2D eigenvalue weighted by atomic mass is 35.5. The average Bonchev–Trinajstić information content (AvgIpc) is 2.26. The number of anilines is 1. The summed E-state index contributed by atoms with van der Waals surface area (Å²) in [5, 5.41) is 23.1. The van der Waals surface area contributed by atoms with Crippen LogP contribution >= 0.6 is 23.2 Å². The molecule has 1 rings (SSSR count). The average molecular weight is 307 g/mol. The molecule has 0 bridgehead atoms. The Morgan fingerprint density at radius 3 is 2.32 bits per heavy atom. The zero-order chi connectivity index (χ0) is 14.4. The molecule has 0 saturated heterocycles. The lowest BCUT2D eigenvalue weighted by atomic mass is 10.2. The molecule has 1 aromatic rings. The van der Waals surface area contributed by atoms with Crippen molar-refractivity contribution in [1.82, 2.24) is 5.32 Å². The first-order valence-electron chi connectivity index (χ1n) is 5.30. The van der Waals surface area contributed by atoms with Gasteiger partial charge in [-0.2, -0.15) is 0 Å². The number of rotatable bonds is 5. The third kappa shape index (κ3) is 5.78. The number of nitrogens with one attached hydrogen (secondary N) is 2. The molecule has 0 spiro atoms. The second kappa shape index (κ2) is 7.18. The van der Waals surface area contributed by atoms with Crippen molar-refractivity contribution in [1.29, 1.82) is 0 Å². The van der Waals surface area contributed by atoms with Gasteiger partial charge in [0.05, 0.1) is 0 Å². The first-order valence-corrected chi connectivity index (χ1v) is 6.06. The van der Waals surface area contributed by atoms with E-state index >= 15 is 0 Å². The van der Waals surface area contributed by atoms with Gasteiger partial charge in [-0.3, -0.25) is 0 Å². The maximum absolute atomic E-state index is 11.4. The number of hydrogen-bond acceptors (Lipinski definition) is 3. The number of urea groups is 1. The number of amides is 2. The number of hydrogen-bond donors (Lipinski definition) is 4. The summed E-state index contributed by atoms with van der Waals surface area (Å²) >= 11 is 11.5. The number of carboxylic acid groups (broad SMARTS) is 1. The smallest absolute Gasteiger partial charge is 0.332 e. The molecule has 0 saturated carbocycles. The van der Waals surface area contributed by atoms with Gasteiger partial charge in [-0.25, -0.2) is 9.59 Å². The molecule has 1 atom stereocenters. The predicted molar refractivity (Wildman–Crippen MR) is 71.7 cm³/mol. The van der Waals surface area contributed by atoms with Crippen molar-refractivity contribution < 1.29 is 19.8 Å². The summed E-state index contributed by atoms with van der Waals surface area (Å²) in [5.74, 6) is -1.33. The minimum absolute atomic E-state index is 0.0214. The number of aliphatic hydroxyl groups is 1. The van der Waals surface area contributed by atoms with Crippen molar-refractivity contribution in [2.45, 2.75) is 12.5 Å². The Morgan fingerprint density at radius 2 is 1.79 bits per heavy atom. The summed E-state index contributed by atoms with van der Waals surface area (Å²) in [6, 6.07) is 4.00. The monoisotopic (exact) mass is 306 g/mol. The van der Waals surface area contributed by atoms with Gasteiger partial charge in [-0.15, -0.1) is 0 Å². The standard InChI is InChI=1S/C11H12Cl2N2O4/c12-6-3-7(13)5-8(4-6)15-11(19)14-2-1-9(16)10(17)18/h3-5,9,16H,1-2H2,(H,17,18)(H2,14,15,19). The highest BCUT2D eigenvalue weighted by molar-refractivity contribution is 6.35. The Hall–Kier alpha value is -1.50. The van der Waals surface area contributed by atoms with Gasteiger partial charge in [0, 0.05) is 28.7 Å². The van der Waals surface area contributed by atoms with E-state index in [-0.39, 0.29) is 13.0 Å². The van der Waals surface area contributed by atoms with E-state index in [1.165, 1.54) is 18.2 Å². The third-order valence-corrected chi connectivity index (χ3v) is 2.55. The van der Waals surface area contributed by atoms with Crippen LogP contribution < -0.4 is 10.6 Å². The molecular weight excluding hydrogens is 295 g/mol. The topological polar surface area (TPSA) is 98.7 Å². The lowest BCUT2D eigenvalue weighted by molar-refractivity contribution is -0.146. The summed E-state index contributed by atoms with van der Waals surface area (Å²) in [4.78, 5) is 21.8. The van der Waals surface area contributed by atoms with Gasteiger partial charge in [-0.05, 0) is 18.2 Å². The number of halogens is 2. The number of aliphatic carboxylic acids is 1. The summed E-state index contributed by atoms with van der Waals surface area (Å²) in [6.07, 6.45) is -1.58. The lowest BCUT2D eigenvalue weighted by Crippen LogP contribution is -2.33. The number of aliphatic hydroxyl groups excluding tert-OH is 1. The van der Waals surface area contributed by atoms with Crippen LogP contribution in [0.5, 0.6) is 0 Å². The zero-order valence-electron chi connectivity index (χ0n) is 9.69. The van der Waals surface area contributed by atoms with E-state index < -0.39 is 18.1 Å². The Balaban J connectivity index is 2.41. The Labute approximate surface area is 119 Å². The molecule has 1 aromatic carbocycles. The van der Waals surface area contributed by atoms with E-state index in [4.69, 9.17) is 33.4 Å². The predicted octanol–water partition coefficient (Wildman–Crippen LogP) is 1.95. The van der Waals surface area contributed by atoms with Gasteiger partial charge in [0.25, 0.3) is 0 Å². The SMILES string of the molecule is O=C(NCCC(O)C(=O)O)Nc1cc(Cl)cc(Cl)c1. The quantitative estimate of drug-likeness (QED) is 0.668. The van der Waals surface area contributed by atoms with E-state index in [0.29, 0.717) is 15.7 Å². The molecule has 0 aliphatic carbocycles. The van der Waals surface area contributed by atoms with Gasteiger partial charge in [0.15, 0.2) is 6.10 Å². The summed E-state index contributed by atoms with van der Waals surface area (Å²) in [7, 11) is 0. The number of carbonyl (C=O) groups is 2. The van der Waals surface area contributed by atoms with E-state index in [0.717, 1.165) is 0 Å². The summed E-state index contributed by atoms with van der Waals surface area (Å²) in [6.45, 7) is 0.0214. The maximum atomic E-state index is 11.4. The van der Waals surface area contributed by atoms with E-state index in [9.17, 15) is 9.59 Å². The van der Waals surface area contributed by atoms with Crippen LogP contribution in [-0.2, 0) is 4.79 Å². The first-order chi connectivity index (χ1) is 8.88. The van der Waals surface area contributed by atoms with Crippen LogP contribution in [0.25, 0.3) is 0 Å². The fraction of sp³-hybridized carbons (Fsp3) is 0.273. The molecule has 0 radical (unpaired) electrons. The molecule has 0 aromatic heterocycles. The molecule has 2 amide bonds. The third-order valence-electron chi connectivity index (χ3n) is 2.11. The number of benzene rings is 1. The van der Waals surface area contributed by atoms with E-state index in [1.807, 2.05) is 0 Å². The minimum atomic E-state index is -1.50. The largest absolute Gasteiger partial charge is 0.479 e. The van der Waals surface area contributed by atoms with Crippen molar-refractivity contribution in [2.24, 2.45) is 0 Å². The van der Waals surface area contributed by atoms with Crippen molar-refractivity contribution in [3.05, 3.63) is 28.2 Å². The lowest BCUT2D eigenvalue weighted by Gasteiger charge is -2.09. The van der Waals surface area contributed by atoms with Crippen LogP contribution in [0.3, 0.4) is 0 Å². The van der Waals surface area contributed by atoms with Crippen LogP contribution in [0.1, 0.15) is 6.42 Å². The first kappa shape index (κ1) is 15.6. The van der Waals surface area contributed by atoms with Crippen LogP contribution in [0.2, 0.25) is 10.0 Å². The van der Waals surface area contributed by atoms with Gasteiger partial charge in [0.2, 0.25) is 0 Å². The van der Waals surface area contributed by atoms with Crippen LogP contribution in [0.15, 0.2) is 18.2 Å². The normalized spacial score (nSPS) is 11.7.